The number of benzene rings is 1. The van der Waals surface area contributed by atoms with Crippen molar-refractivity contribution in [2.75, 3.05) is 18.5 Å². The minimum absolute atomic E-state index is 0.127. The Labute approximate surface area is 175 Å². The van der Waals surface area contributed by atoms with Gasteiger partial charge in [0.1, 0.15) is 6.10 Å². The number of ether oxygens (including phenoxy) is 2. The van der Waals surface area contributed by atoms with Crippen LogP contribution in [0.4, 0.5) is 19.0 Å². The van der Waals surface area contributed by atoms with Gasteiger partial charge < -0.3 is 19.8 Å². The number of nitrogens with zero attached hydrogens (tertiary/aromatic N) is 2. The molecule has 0 aliphatic carbocycles. The normalized spacial score (nSPS) is 17.6. The average molecular weight is 434 g/mol. The lowest BCUT2D eigenvalue weighted by Crippen LogP contribution is -2.21. The molecule has 0 amide bonds. The first-order chi connectivity index (χ1) is 14.7. The van der Waals surface area contributed by atoms with Crippen LogP contribution >= 0.6 is 0 Å². The van der Waals surface area contributed by atoms with E-state index >= 15 is 0 Å². The summed E-state index contributed by atoms with van der Waals surface area (Å²) in [6.07, 6.45) is -2.56. The average Bonchev–Trinajstić information content (AvgIpc) is 3.21. The van der Waals surface area contributed by atoms with Crippen molar-refractivity contribution in [3.05, 3.63) is 57.5 Å². The molecular formula is C21H21F3N4O3. The molecule has 0 saturated carbocycles. The minimum atomic E-state index is -4.44. The van der Waals surface area contributed by atoms with Gasteiger partial charge in [-0.3, -0.25) is 4.79 Å². The van der Waals surface area contributed by atoms with Gasteiger partial charge >= 0.3 is 6.18 Å². The van der Waals surface area contributed by atoms with Gasteiger partial charge in [-0.2, -0.15) is 18.3 Å². The van der Waals surface area contributed by atoms with E-state index in [-0.39, 0.29) is 17.4 Å². The molecule has 1 aliphatic heterocycles. The number of aromatic nitrogens is 3. The Morgan fingerprint density at radius 1 is 1.35 bits per heavy atom. The molecule has 31 heavy (non-hydrogen) atoms. The van der Waals surface area contributed by atoms with E-state index in [1.807, 2.05) is 0 Å². The minimum Gasteiger partial charge on any atom is -0.482 e. The summed E-state index contributed by atoms with van der Waals surface area (Å²) in [6, 6.07) is 5.14. The number of hydrogen-bond donors (Lipinski definition) is 2. The Morgan fingerprint density at radius 2 is 2.16 bits per heavy atom. The highest BCUT2D eigenvalue weighted by atomic mass is 19.4. The molecule has 1 saturated heterocycles. The predicted octanol–water partition coefficient (Wildman–Crippen LogP) is 3.99. The molecule has 3 heterocycles. The van der Waals surface area contributed by atoms with Crippen LogP contribution in [0, 0.1) is 6.92 Å². The van der Waals surface area contributed by atoms with E-state index in [1.54, 1.807) is 19.1 Å². The Morgan fingerprint density at radius 3 is 2.87 bits per heavy atom. The van der Waals surface area contributed by atoms with Crippen LogP contribution in [0.1, 0.15) is 36.1 Å². The lowest BCUT2D eigenvalue weighted by atomic mass is 9.97. The van der Waals surface area contributed by atoms with Crippen LogP contribution < -0.4 is 15.6 Å². The molecule has 10 heteroatoms. The second kappa shape index (κ2) is 8.18. The van der Waals surface area contributed by atoms with Gasteiger partial charge in [0.2, 0.25) is 0 Å². The van der Waals surface area contributed by atoms with Gasteiger partial charge in [0.05, 0.1) is 36.5 Å². The number of H-pyrrole nitrogens is 1. The van der Waals surface area contributed by atoms with Crippen molar-refractivity contribution in [3.8, 4) is 5.75 Å². The Balaban J connectivity index is 1.67. The maximum Gasteiger partial charge on any atom is 0.416 e. The lowest BCUT2D eigenvalue weighted by molar-refractivity contribution is -0.138. The molecule has 164 valence electrons. The second-order valence-corrected chi connectivity index (χ2v) is 7.47. The van der Waals surface area contributed by atoms with Crippen LogP contribution in [-0.2, 0) is 10.9 Å². The standard InChI is InChI=1S/C21H21F3N4O3/c1-11-14(4-3-5-16(11)21(22,23)24)12(2)26-19-15-8-18(31-13-6-7-30-10-13)20(29)27-17(15)9-25-28-19/h3-5,8-9,12-13H,6-7,10H2,1-2H3,(H,26,28)(H,27,29)/t12-,13+/m1/s1. The molecule has 0 bridgehead atoms. The van der Waals surface area contributed by atoms with Crippen molar-refractivity contribution in [1.82, 2.24) is 15.2 Å². The number of pyridine rings is 1. The van der Waals surface area contributed by atoms with Crippen molar-refractivity contribution in [2.24, 2.45) is 0 Å². The summed E-state index contributed by atoms with van der Waals surface area (Å²) in [5, 5.41) is 11.6. The fourth-order valence-corrected chi connectivity index (χ4v) is 3.71. The van der Waals surface area contributed by atoms with Gasteiger partial charge in [0, 0.05) is 11.8 Å². The molecule has 2 atom stereocenters. The molecule has 1 aromatic carbocycles. The zero-order chi connectivity index (χ0) is 22.2. The molecular weight excluding hydrogens is 413 g/mol. The van der Waals surface area contributed by atoms with E-state index < -0.39 is 23.3 Å². The molecule has 7 nitrogen and oxygen atoms in total. The number of anilines is 1. The number of nitrogens with one attached hydrogen (secondary N) is 2. The largest absolute Gasteiger partial charge is 0.482 e. The van der Waals surface area contributed by atoms with Gasteiger partial charge in [-0.1, -0.05) is 12.1 Å². The Kier molecular flexibility index (Phi) is 5.57. The van der Waals surface area contributed by atoms with E-state index in [0.29, 0.717) is 41.9 Å². The number of aromatic amines is 1. The quantitative estimate of drug-likeness (QED) is 0.631. The first-order valence-corrected chi connectivity index (χ1v) is 9.80. The third-order valence-corrected chi connectivity index (χ3v) is 5.32. The first-order valence-electron chi connectivity index (χ1n) is 9.80. The molecule has 4 rings (SSSR count). The number of rotatable bonds is 5. The third kappa shape index (κ3) is 4.34. The molecule has 0 unspecified atom stereocenters. The third-order valence-electron chi connectivity index (χ3n) is 5.32. The topological polar surface area (TPSA) is 89.1 Å². The second-order valence-electron chi connectivity index (χ2n) is 7.47. The molecule has 0 spiro atoms. The SMILES string of the molecule is Cc1c([C@@H](C)Nc2nncc3[nH]c(=O)c(O[C@H]4CCOC4)cc23)cccc1C(F)(F)F. The van der Waals surface area contributed by atoms with Crippen LogP contribution in [0.25, 0.3) is 10.9 Å². The predicted molar refractivity (Wildman–Crippen MR) is 108 cm³/mol. The molecule has 1 fully saturated rings. The molecule has 2 aromatic heterocycles. The number of alkyl halides is 3. The van der Waals surface area contributed by atoms with Crippen molar-refractivity contribution in [3.63, 3.8) is 0 Å². The highest BCUT2D eigenvalue weighted by Crippen LogP contribution is 2.35. The van der Waals surface area contributed by atoms with E-state index in [2.05, 4.69) is 20.5 Å². The van der Waals surface area contributed by atoms with E-state index in [9.17, 15) is 18.0 Å². The van der Waals surface area contributed by atoms with E-state index in [1.165, 1.54) is 19.2 Å². The Bertz CT molecular complexity index is 1160. The van der Waals surface area contributed by atoms with Gasteiger partial charge in [-0.15, -0.1) is 5.10 Å². The van der Waals surface area contributed by atoms with E-state index in [0.717, 1.165) is 6.07 Å². The number of halogens is 3. The summed E-state index contributed by atoms with van der Waals surface area (Å²) < 4.78 is 50.9. The zero-order valence-corrected chi connectivity index (χ0v) is 16.9. The summed E-state index contributed by atoms with van der Waals surface area (Å²) in [7, 11) is 0. The molecule has 1 aliphatic rings. The Hall–Kier alpha value is -3.14. The lowest BCUT2D eigenvalue weighted by Gasteiger charge is -2.20. The van der Waals surface area contributed by atoms with E-state index in [4.69, 9.17) is 9.47 Å². The fourth-order valence-electron chi connectivity index (χ4n) is 3.71. The summed E-state index contributed by atoms with van der Waals surface area (Å²) in [5.74, 6) is 0.451. The van der Waals surface area contributed by atoms with Gasteiger partial charge in [-0.05, 0) is 37.1 Å². The molecule has 3 aromatic rings. The maximum absolute atomic E-state index is 13.3. The first kappa shape index (κ1) is 21.1. The van der Waals surface area contributed by atoms with Crippen LogP contribution in [0.2, 0.25) is 0 Å². The van der Waals surface area contributed by atoms with Crippen LogP contribution in [0.3, 0.4) is 0 Å². The summed E-state index contributed by atoms with van der Waals surface area (Å²) in [4.78, 5) is 15.1. The van der Waals surface area contributed by atoms with Crippen LogP contribution in [0.15, 0.2) is 35.3 Å². The van der Waals surface area contributed by atoms with Gasteiger partial charge in [-0.25, -0.2) is 0 Å². The number of fused-ring (bicyclic) bond motifs is 1. The number of hydrogen-bond acceptors (Lipinski definition) is 6. The van der Waals surface area contributed by atoms with Crippen LogP contribution in [-0.4, -0.2) is 34.5 Å². The highest BCUT2D eigenvalue weighted by molar-refractivity contribution is 5.89. The van der Waals surface area contributed by atoms with Crippen molar-refractivity contribution >= 4 is 16.7 Å². The zero-order valence-electron chi connectivity index (χ0n) is 16.9. The highest BCUT2D eigenvalue weighted by Gasteiger charge is 2.33. The van der Waals surface area contributed by atoms with Crippen LogP contribution in [0.5, 0.6) is 5.75 Å². The fraction of sp³-hybridized carbons (Fsp3) is 0.381. The van der Waals surface area contributed by atoms with Gasteiger partial charge in [0.15, 0.2) is 11.6 Å². The molecule has 2 N–H and O–H groups in total. The monoisotopic (exact) mass is 434 g/mol. The van der Waals surface area contributed by atoms with Gasteiger partial charge in [0.25, 0.3) is 5.56 Å². The summed E-state index contributed by atoms with van der Waals surface area (Å²) in [5.41, 5.74) is -0.0217. The smallest absolute Gasteiger partial charge is 0.416 e. The summed E-state index contributed by atoms with van der Waals surface area (Å²) in [6.45, 7) is 4.16. The van der Waals surface area contributed by atoms with Crippen molar-refractivity contribution in [1.29, 1.82) is 0 Å². The van der Waals surface area contributed by atoms with Crippen molar-refractivity contribution in [2.45, 2.75) is 38.6 Å². The van der Waals surface area contributed by atoms with Crippen molar-refractivity contribution < 1.29 is 22.6 Å². The summed E-state index contributed by atoms with van der Waals surface area (Å²) >= 11 is 0. The molecule has 0 radical (unpaired) electrons. The maximum atomic E-state index is 13.3.